The fourth-order valence-corrected chi connectivity index (χ4v) is 4.01. The highest BCUT2D eigenvalue weighted by Gasteiger charge is 2.41. The molecule has 2 amide bonds. The molecule has 0 aromatic carbocycles. The molecule has 0 spiro atoms. The highest BCUT2D eigenvalue weighted by atomic mass is 16.5. The van der Waals surface area contributed by atoms with Gasteiger partial charge in [0.15, 0.2) is 0 Å². The van der Waals surface area contributed by atoms with Crippen molar-refractivity contribution in [1.82, 2.24) is 24.7 Å². The fraction of sp³-hybridized carbons (Fsp3) is 0.667. The number of aromatic nitrogens is 2. The van der Waals surface area contributed by atoms with Crippen LogP contribution in [0.2, 0.25) is 0 Å². The van der Waals surface area contributed by atoms with Gasteiger partial charge in [0, 0.05) is 58.7 Å². The molecule has 3 aliphatic rings. The van der Waals surface area contributed by atoms with E-state index in [0.717, 1.165) is 32.1 Å². The SMILES string of the molecule is CN1C(=O)CCO[C@H]2CN(C(=O)CN3CCN(c4ncccn4)CC3)C[C@@H]21. The summed E-state index contributed by atoms with van der Waals surface area (Å²) in [5, 5.41) is 0. The van der Waals surface area contributed by atoms with E-state index in [1.165, 1.54) is 0 Å². The number of ether oxygens (including phenoxy) is 1. The molecule has 0 unspecified atom stereocenters. The van der Waals surface area contributed by atoms with Crippen LogP contribution in [0.15, 0.2) is 18.5 Å². The fourth-order valence-electron chi connectivity index (χ4n) is 4.01. The van der Waals surface area contributed by atoms with Crippen LogP contribution >= 0.6 is 0 Å². The van der Waals surface area contributed by atoms with Gasteiger partial charge in [-0.15, -0.1) is 0 Å². The summed E-state index contributed by atoms with van der Waals surface area (Å²) in [6, 6.07) is 1.78. The molecule has 0 aliphatic carbocycles. The van der Waals surface area contributed by atoms with Crippen molar-refractivity contribution in [2.75, 3.05) is 64.4 Å². The van der Waals surface area contributed by atoms with Crippen molar-refractivity contribution in [2.45, 2.75) is 18.6 Å². The Morgan fingerprint density at radius 3 is 2.67 bits per heavy atom. The van der Waals surface area contributed by atoms with Gasteiger partial charge < -0.3 is 19.4 Å². The Morgan fingerprint density at radius 1 is 1.19 bits per heavy atom. The summed E-state index contributed by atoms with van der Waals surface area (Å²) < 4.78 is 5.81. The van der Waals surface area contributed by atoms with Crippen LogP contribution in [0.3, 0.4) is 0 Å². The minimum Gasteiger partial charge on any atom is -0.374 e. The van der Waals surface area contributed by atoms with Gasteiger partial charge in [-0.3, -0.25) is 14.5 Å². The molecule has 3 aliphatic heterocycles. The number of nitrogens with zero attached hydrogens (tertiary/aromatic N) is 6. The predicted molar refractivity (Wildman–Crippen MR) is 98.2 cm³/mol. The third-order valence-electron chi connectivity index (χ3n) is 5.69. The summed E-state index contributed by atoms with van der Waals surface area (Å²) in [5.74, 6) is 0.945. The first-order valence-corrected chi connectivity index (χ1v) is 9.51. The maximum absolute atomic E-state index is 12.8. The van der Waals surface area contributed by atoms with Gasteiger partial charge in [0.25, 0.3) is 0 Å². The normalized spacial score (nSPS) is 26.9. The average molecular weight is 374 g/mol. The summed E-state index contributed by atoms with van der Waals surface area (Å²) in [6.07, 6.45) is 3.85. The lowest BCUT2D eigenvalue weighted by Crippen LogP contribution is -2.50. The van der Waals surface area contributed by atoms with E-state index in [2.05, 4.69) is 19.8 Å². The topological polar surface area (TPSA) is 82.1 Å². The van der Waals surface area contributed by atoms with Crippen LogP contribution in [0, 0.1) is 0 Å². The molecule has 0 N–H and O–H groups in total. The lowest BCUT2D eigenvalue weighted by Gasteiger charge is -2.35. The smallest absolute Gasteiger partial charge is 0.236 e. The van der Waals surface area contributed by atoms with Crippen LogP contribution in [0.4, 0.5) is 5.95 Å². The first kappa shape index (κ1) is 18.1. The van der Waals surface area contributed by atoms with Gasteiger partial charge in [-0.1, -0.05) is 0 Å². The third-order valence-corrected chi connectivity index (χ3v) is 5.69. The van der Waals surface area contributed by atoms with E-state index >= 15 is 0 Å². The van der Waals surface area contributed by atoms with Crippen LogP contribution < -0.4 is 4.90 Å². The number of rotatable bonds is 3. The Bertz CT molecular complexity index is 679. The van der Waals surface area contributed by atoms with Gasteiger partial charge >= 0.3 is 0 Å². The van der Waals surface area contributed by atoms with Gasteiger partial charge in [-0.25, -0.2) is 9.97 Å². The Morgan fingerprint density at radius 2 is 1.93 bits per heavy atom. The van der Waals surface area contributed by atoms with Crippen molar-refractivity contribution in [3.05, 3.63) is 18.5 Å². The molecular formula is C18H26N6O3. The summed E-state index contributed by atoms with van der Waals surface area (Å²) in [6.45, 7) is 5.20. The predicted octanol–water partition coefficient (Wildman–Crippen LogP) is -0.943. The van der Waals surface area contributed by atoms with Crippen LogP contribution in [-0.4, -0.2) is 108 Å². The second kappa shape index (κ2) is 7.77. The van der Waals surface area contributed by atoms with Crippen molar-refractivity contribution in [3.8, 4) is 0 Å². The number of carbonyl (C=O) groups excluding carboxylic acids is 2. The van der Waals surface area contributed by atoms with Crippen molar-refractivity contribution >= 4 is 17.8 Å². The molecular weight excluding hydrogens is 348 g/mol. The van der Waals surface area contributed by atoms with E-state index in [-0.39, 0.29) is 24.0 Å². The summed E-state index contributed by atoms with van der Waals surface area (Å²) in [7, 11) is 1.81. The summed E-state index contributed by atoms with van der Waals surface area (Å²) >= 11 is 0. The second-order valence-corrected chi connectivity index (χ2v) is 7.34. The number of hydrogen-bond donors (Lipinski definition) is 0. The largest absolute Gasteiger partial charge is 0.374 e. The van der Waals surface area contributed by atoms with E-state index in [1.54, 1.807) is 17.3 Å². The minimum absolute atomic E-state index is 0.0315. The first-order chi connectivity index (χ1) is 13.1. The maximum atomic E-state index is 12.8. The van der Waals surface area contributed by atoms with Gasteiger partial charge in [0.1, 0.15) is 0 Å². The zero-order chi connectivity index (χ0) is 18.8. The molecule has 4 rings (SSSR count). The van der Waals surface area contributed by atoms with E-state index < -0.39 is 0 Å². The molecule has 9 heteroatoms. The number of hydrogen-bond acceptors (Lipinski definition) is 7. The van der Waals surface area contributed by atoms with Crippen molar-refractivity contribution in [3.63, 3.8) is 0 Å². The van der Waals surface area contributed by atoms with Crippen LogP contribution in [-0.2, 0) is 14.3 Å². The van der Waals surface area contributed by atoms with Gasteiger partial charge in [-0.2, -0.15) is 0 Å². The van der Waals surface area contributed by atoms with Crippen LogP contribution in [0.1, 0.15) is 6.42 Å². The average Bonchev–Trinajstić information content (AvgIpc) is 3.07. The Labute approximate surface area is 158 Å². The summed E-state index contributed by atoms with van der Waals surface area (Å²) in [4.78, 5) is 41.3. The molecule has 0 radical (unpaired) electrons. The number of anilines is 1. The number of amides is 2. The monoisotopic (exact) mass is 374 g/mol. The van der Waals surface area contributed by atoms with Gasteiger partial charge in [-0.05, 0) is 6.07 Å². The zero-order valence-corrected chi connectivity index (χ0v) is 15.7. The highest BCUT2D eigenvalue weighted by Crippen LogP contribution is 2.22. The Balaban J connectivity index is 1.28. The summed E-state index contributed by atoms with van der Waals surface area (Å²) in [5.41, 5.74) is 0. The standard InChI is InChI=1S/C18H26N6O3/c1-21-14-11-24(12-15(14)27-10-3-16(21)25)17(26)13-22-6-8-23(9-7-22)18-19-4-2-5-20-18/h2,4-5,14-15H,3,6-13H2,1H3/t14-,15-/m0/s1. The van der Waals surface area contributed by atoms with E-state index in [0.29, 0.717) is 32.7 Å². The number of fused-ring (bicyclic) bond motifs is 1. The zero-order valence-electron chi connectivity index (χ0n) is 15.7. The molecule has 2 atom stereocenters. The van der Waals surface area contributed by atoms with Gasteiger partial charge in [0.2, 0.25) is 17.8 Å². The molecule has 27 heavy (non-hydrogen) atoms. The minimum atomic E-state index is -0.0718. The number of likely N-dealkylation sites (N-methyl/N-ethyl adjacent to an activating group) is 1. The van der Waals surface area contributed by atoms with Crippen LogP contribution in [0.25, 0.3) is 0 Å². The lowest BCUT2D eigenvalue weighted by molar-refractivity contribution is -0.134. The van der Waals surface area contributed by atoms with E-state index in [9.17, 15) is 9.59 Å². The molecule has 9 nitrogen and oxygen atoms in total. The number of carbonyl (C=O) groups is 2. The molecule has 0 saturated carbocycles. The number of likely N-dealkylation sites (tertiary alicyclic amines) is 1. The molecule has 1 aromatic heterocycles. The van der Waals surface area contributed by atoms with E-state index in [4.69, 9.17) is 4.74 Å². The molecule has 0 bridgehead atoms. The molecule has 4 heterocycles. The second-order valence-electron chi connectivity index (χ2n) is 7.34. The lowest BCUT2D eigenvalue weighted by atomic mass is 10.2. The van der Waals surface area contributed by atoms with Gasteiger partial charge in [0.05, 0.1) is 31.7 Å². The maximum Gasteiger partial charge on any atom is 0.236 e. The quantitative estimate of drug-likeness (QED) is 0.675. The molecule has 1 aromatic rings. The highest BCUT2D eigenvalue weighted by molar-refractivity contribution is 5.80. The molecule has 3 fully saturated rings. The Hall–Kier alpha value is -2.26. The first-order valence-electron chi connectivity index (χ1n) is 9.51. The third kappa shape index (κ3) is 3.89. The van der Waals surface area contributed by atoms with E-state index in [1.807, 2.05) is 18.0 Å². The van der Waals surface area contributed by atoms with Crippen molar-refractivity contribution in [2.24, 2.45) is 0 Å². The van der Waals surface area contributed by atoms with Crippen molar-refractivity contribution < 1.29 is 14.3 Å². The Kier molecular flexibility index (Phi) is 5.22. The molecule has 146 valence electrons. The number of piperazine rings is 1. The van der Waals surface area contributed by atoms with Crippen molar-refractivity contribution in [1.29, 1.82) is 0 Å². The molecule has 3 saturated heterocycles. The van der Waals surface area contributed by atoms with Crippen LogP contribution in [0.5, 0.6) is 0 Å².